The van der Waals surface area contributed by atoms with Crippen LogP contribution < -0.4 is 0 Å². The van der Waals surface area contributed by atoms with Gasteiger partial charge in [-0.25, -0.2) is 4.39 Å². The lowest BCUT2D eigenvalue weighted by atomic mass is 9.61. The van der Waals surface area contributed by atoms with E-state index >= 15 is 0 Å². The highest BCUT2D eigenvalue weighted by atomic mass is 19.4. The summed E-state index contributed by atoms with van der Waals surface area (Å²) >= 11 is 0. The minimum absolute atomic E-state index is 0.179. The van der Waals surface area contributed by atoms with E-state index in [1.165, 1.54) is 31.4 Å². The Morgan fingerprint density at radius 3 is 2.41 bits per heavy atom. The Balaban J connectivity index is 1.58. The summed E-state index contributed by atoms with van der Waals surface area (Å²) < 4.78 is 58.3. The molecule has 0 saturated heterocycles. The molecule has 0 aliphatic heterocycles. The lowest BCUT2D eigenvalue weighted by Gasteiger charge is -2.46. The van der Waals surface area contributed by atoms with Crippen molar-refractivity contribution in [1.82, 2.24) is 0 Å². The first kappa shape index (κ1) is 19.2. The summed E-state index contributed by atoms with van der Waals surface area (Å²) in [6.45, 7) is 2.31. The highest BCUT2D eigenvalue weighted by Crippen LogP contribution is 2.52. The van der Waals surface area contributed by atoms with Crippen molar-refractivity contribution in [3.05, 3.63) is 35.1 Å². The molecular weight excluding hydrogens is 356 g/mol. The number of halogens is 4. The summed E-state index contributed by atoms with van der Waals surface area (Å²) in [4.78, 5) is 0. The van der Waals surface area contributed by atoms with Crippen molar-refractivity contribution in [1.29, 1.82) is 0 Å². The minimum atomic E-state index is -4.71. The van der Waals surface area contributed by atoms with E-state index in [0.29, 0.717) is 29.9 Å². The van der Waals surface area contributed by atoms with Crippen LogP contribution in [0.25, 0.3) is 0 Å². The molecule has 6 atom stereocenters. The van der Waals surface area contributed by atoms with Gasteiger partial charge in [-0.3, -0.25) is 4.74 Å². The molecule has 3 aliphatic rings. The Morgan fingerprint density at radius 2 is 1.63 bits per heavy atom. The Hall–Kier alpha value is -1.10. The van der Waals surface area contributed by atoms with E-state index in [-0.39, 0.29) is 11.8 Å². The highest BCUT2D eigenvalue weighted by Gasteiger charge is 2.45. The van der Waals surface area contributed by atoms with Gasteiger partial charge in [-0.15, -0.1) is 13.2 Å². The van der Waals surface area contributed by atoms with Crippen LogP contribution in [0.3, 0.4) is 0 Å². The Bertz CT molecular complexity index is 671. The van der Waals surface area contributed by atoms with Gasteiger partial charge in [-0.2, -0.15) is 0 Å². The summed E-state index contributed by atoms with van der Waals surface area (Å²) in [6.07, 6.45) is 2.09. The average molecular weight is 384 g/mol. The van der Waals surface area contributed by atoms with Gasteiger partial charge in [-0.05, 0) is 91.7 Å². The van der Waals surface area contributed by atoms with Crippen LogP contribution in [0.5, 0.6) is 0 Å². The zero-order chi connectivity index (χ0) is 19.2. The maximum absolute atomic E-state index is 14.2. The van der Waals surface area contributed by atoms with Crippen molar-refractivity contribution in [3.8, 4) is 0 Å². The molecule has 0 N–H and O–H groups in total. The molecule has 0 aromatic heterocycles. The van der Waals surface area contributed by atoms with Crippen LogP contribution in [0.2, 0.25) is 0 Å². The number of rotatable bonds is 2. The van der Waals surface area contributed by atoms with E-state index in [2.05, 4.69) is 11.7 Å². The number of fused-ring (bicyclic) bond motifs is 2. The second kappa shape index (κ2) is 7.38. The standard InChI is InChI=1S/C22H28F4O/c1-13-5-6-15-12-16(8-7-14(15)11-13)17-9-10-18-19(3-2-4-20(18)23)21(17)27-22(24,25)26/h2-4,13-17,21H,5-12H2,1H3. The molecule has 1 aromatic carbocycles. The van der Waals surface area contributed by atoms with Crippen LogP contribution >= 0.6 is 0 Å². The maximum atomic E-state index is 14.2. The number of hydrogen-bond acceptors (Lipinski definition) is 1. The predicted octanol–water partition coefficient (Wildman–Crippen LogP) is 6.82. The number of benzene rings is 1. The summed E-state index contributed by atoms with van der Waals surface area (Å²) in [6, 6.07) is 4.45. The summed E-state index contributed by atoms with van der Waals surface area (Å²) in [5, 5.41) is 0. The van der Waals surface area contributed by atoms with Gasteiger partial charge in [0.05, 0.1) is 6.10 Å². The van der Waals surface area contributed by atoms with Crippen LogP contribution in [-0.4, -0.2) is 6.36 Å². The zero-order valence-electron chi connectivity index (χ0n) is 15.8. The fraction of sp³-hybridized carbons (Fsp3) is 0.727. The largest absolute Gasteiger partial charge is 0.523 e. The SMILES string of the molecule is CC1CCC2CC(C3CCc4c(F)cccc4C3OC(F)(F)F)CCC2C1. The van der Waals surface area contributed by atoms with Gasteiger partial charge >= 0.3 is 6.36 Å². The third-order valence-corrected chi connectivity index (χ3v) is 7.36. The minimum Gasteiger partial charge on any atom is -0.283 e. The number of ether oxygens (including phenoxy) is 1. The van der Waals surface area contributed by atoms with E-state index in [4.69, 9.17) is 0 Å². The van der Waals surface area contributed by atoms with Gasteiger partial charge in [-0.1, -0.05) is 25.5 Å². The van der Waals surface area contributed by atoms with Gasteiger partial charge in [0.1, 0.15) is 5.82 Å². The van der Waals surface area contributed by atoms with Crippen molar-refractivity contribution < 1.29 is 22.3 Å². The molecule has 0 amide bonds. The monoisotopic (exact) mass is 384 g/mol. The molecule has 5 heteroatoms. The highest BCUT2D eigenvalue weighted by molar-refractivity contribution is 5.33. The molecule has 0 spiro atoms. The molecule has 0 bridgehead atoms. The summed E-state index contributed by atoms with van der Waals surface area (Å²) in [7, 11) is 0. The van der Waals surface area contributed by atoms with Gasteiger partial charge in [0.2, 0.25) is 0 Å². The fourth-order valence-electron chi connectivity index (χ4n) is 6.13. The first-order chi connectivity index (χ1) is 12.8. The van der Waals surface area contributed by atoms with Crippen LogP contribution in [0.4, 0.5) is 17.6 Å². The molecule has 2 fully saturated rings. The van der Waals surface area contributed by atoms with Crippen LogP contribution in [0.1, 0.15) is 69.1 Å². The summed E-state index contributed by atoms with van der Waals surface area (Å²) in [5.74, 6) is 1.80. The van der Waals surface area contributed by atoms with Crippen molar-refractivity contribution in [2.45, 2.75) is 70.8 Å². The van der Waals surface area contributed by atoms with Gasteiger partial charge in [0, 0.05) is 0 Å². The van der Waals surface area contributed by atoms with Crippen LogP contribution in [-0.2, 0) is 11.2 Å². The maximum Gasteiger partial charge on any atom is 0.523 e. The smallest absolute Gasteiger partial charge is 0.283 e. The van der Waals surface area contributed by atoms with Crippen molar-refractivity contribution in [2.75, 3.05) is 0 Å². The van der Waals surface area contributed by atoms with Crippen molar-refractivity contribution in [2.24, 2.45) is 29.6 Å². The fourth-order valence-corrected chi connectivity index (χ4v) is 6.13. The van der Waals surface area contributed by atoms with Crippen LogP contribution in [0.15, 0.2) is 18.2 Å². The first-order valence-corrected chi connectivity index (χ1v) is 10.3. The quantitative estimate of drug-likeness (QED) is 0.509. The van der Waals surface area contributed by atoms with E-state index in [1.807, 2.05) is 0 Å². The Morgan fingerprint density at radius 1 is 0.926 bits per heavy atom. The first-order valence-electron chi connectivity index (χ1n) is 10.3. The lowest BCUT2D eigenvalue weighted by molar-refractivity contribution is -0.354. The topological polar surface area (TPSA) is 9.23 Å². The molecule has 150 valence electrons. The van der Waals surface area contributed by atoms with Gasteiger partial charge in [0.25, 0.3) is 0 Å². The predicted molar refractivity (Wildman–Crippen MR) is 95.4 cm³/mol. The van der Waals surface area contributed by atoms with Gasteiger partial charge in [0.15, 0.2) is 0 Å². The van der Waals surface area contributed by atoms with Crippen molar-refractivity contribution in [3.63, 3.8) is 0 Å². The molecule has 27 heavy (non-hydrogen) atoms. The van der Waals surface area contributed by atoms with Crippen molar-refractivity contribution >= 4 is 0 Å². The van der Waals surface area contributed by atoms with E-state index in [0.717, 1.165) is 31.1 Å². The third kappa shape index (κ3) is 4.03. The Kier molecular flexibility index (Phi) is 5.26. The number of alkyl halides is 3. The second-order valence-electron chi connectivity index (χ2n) is 9.01. The molecule has 1 nitrogen and oxygen atoms in total. The molecule has 4 rings (SSSR count). The van der Waals surface area contributed by atoms with Gasteiger partial charge < -0.3 is 0 Å². The molecule has 3 aliphatic carbocycles. The second-order valence-corrected chi connectivity index (χ2v) is 9.01. The average Bonchev–Trinajstić information content (AvgIpc) is 2.61. The van der Waals surface area contributed by atoms with E-state index in [9.17, 15) is 17.6 Å². The normalized spacial score (nSPS) is 36.8. The molecule has 6 unspecified atom stereocenters. The molecule has 1 aromatic rings. The van der Waals surface area contributed by atoms with E-state index < -0.39 is 18.3 Å². The van der Waals surface area contributed by atoms with Crippen LogP contribution in [0, 0.1) is 35.4 Å². The third-order valence-electron chi connectivity index (χ3n) is 7.36. The lowest BCUT2D eigenvalue weighted by Crippen LogP contribution is -2.38. The molecular formula is C22H28F4O. The van der Waals surface area contributed by atoms with E-state index in [1.54, 1.807) is 6.07 Å². The molecule has 0 radical (unpaired) electrons. The molecule has 0 heterocycles. The Labute approximate surface area is 158 Å². The zero-order valence-corrected chi connectivity index (χ0v) is 15.8. The summed E-state index contributed by atoms with van der Waals surface area (Å²) in [5.41, 5.74) is 0.811. The number of hydrogen-bond donors (Lipinski definition) is 0. The molecule has 2 saturated carbocycles.